The highest BCUT2D eigenvalue weighted by molar-refractivity contribution is 6.07. The van der Waals surface area contributed by atoms with Crippen LogP contribution >= 0.6 is 0 Å². The van der Waals surface area contributed by atoms with Gasteiger partial charge in [0.25, 0.3) is 0 Å². The average molecular weight is 559 g/mol. The van der Waals surface area contributed by atoms with E-state index in [1.165, 1.54) is 44.1 Å². The van der Waals surface area contributed by atoms with Crippen LogP contribution in [0.4, 0.5) is 0 Å². The van der Waals surface area contributed by atoms with Gasteiger partial charge in [0.15, 0.2) is 23.1 Å². The number of nitrogens with zero attached hydrogens (tertiary/aromatic N) is 4. The summed E-state index contributed by atoms with van der Waals surface area (Å²) in [6, 6.07) is 33.1. The van der Waals surface area contributed by atoms with E-state index in [4.69, 9.17) is 19.4 Å². The first-order valence-corrected chi connectivity index (χ1v) is 15.4. The number of hydrogen-bond acceptors (Lipinski definition) is 5. The standard InChI is InChI=1S/C38H30N4O/c39-22-29-7-4-8-31-32-18-28(11-14-33(32)43-34(29)31)37-41-35(26-5-2-1-3-6-26)40-36(42-37)27-9-12-30(13-10-27)38-19-23-15-24(20-38)17-25(16-23)21-38/h1-14,18,23-25H,15-17,19-21H2. The molecule has 0 atom stereocenters. The fourth-order valence-electron chi connectivity index (χ4n) is 8.81. The van der Waals surface area contributed by atoms with Crippen LogP contribution in [0.1, 0.15) is 49.7 Å². The van der Waals surface area contributed by atoms with Gasteiger partial charge in [-0.2, -0.15) is 5.26 Å². The Morgan fingerprint density at radius 1 is 0.628 bits per heavy atom. The fraction of sp³-hybridized carbons (Fsp3) is 0.263. The van der Waals surface area contributed by atoms with E-state index in [1.54, 1.807) is 6.07 Å². The third-order valence-corrected chi connectivity index (χ3v) is 10.3. The van der Waals surface area contributed by atoms with Crippen LogP contribution in [-0.2, 0) is 5.41 Å². The van der Waals surface area contributed by atoms with E-state index < -0.39 is 0 Å². The second kappa shape index (κ2) is 9.34. The van der Waals surface area contributed by atoms with Crippen LogP contribution in [0, 0.1) is 29.1 Å². The van der Waals surface area contributed by atoms with Gasteiger partial charge in [0.2, 0.25) is 0 Å². The van der Waals surface area contributed by atoms with Crippen LogP contribution in [0.15, 0.2) is 95.4 Å². The molecule has 0 aliphatic heterocycles. The molecule has 0 N–H and O–H groups in total. The molecule has 4 aromatic carbocycles. The summed E-state index contributed by atoms with van der Waals surface area (Å²) in [6.45, 7) is 0. The van der Waals surface area contributed by atoms with Gasteiger partial charge in [-0.05, 0) is 91.5 Å². The van der Waals surface area contributed by atoms with Gasteiger partial charge >= 0.3 is 0 Å². The van der Waals surface area contributed by atoms with Crippen molar-refractivity contribution in [3.63, 3.8) is 0 Å². The third kappa shape index (κ3) is 4.01. The van der Waals surface area contributed by atoms with Gasteiger partial charge in [-0.15, -0.1) is 0 Å². The maximum atomic E-state index is 9.58. The Morgan fingerprint density at radius 3 is 1.88 bits per heavy atom. The molecule has 2 heterocycles. The lowest BCUT2D eigenvalue weighted by atomic mass is 9.48. The summed E-state index contributed by atoms with van der Waals surface area (Å²) in [6.07, 6.45) is 8.42. The third-order valence-electron chi connectivity index (χ3n) is 10.3. The molecular weight excluding hydrogens is 528 g/mol. The van der Waals surface area contributed by atoms with Gasteiger partial charge in [-0.3, -0.25) is 0 Å². The van der Waals surface area contributed by atoms with Crippen molar-refractivity contribution < 1.29 is 4.42 Å². The summed E-state index contributed by atoms with van der Waals surface area (Å²) in [5.74, 6) is 4.69. The first-order chi connectivity index (χ1) is 21.1. The monoisotopic (exact) mass is 558 g/mol. The molecule has 0 spiro atoms. The van der Waals surface area contributed by atoms with E-state index in [2.05, 4.69) is 36.4 Å². The molecule has 6 aromatic rings. The summed E-state index contributed by atoms with van der Waals surface area (Å²) < 4.78 is 6.07. The van der Waals surface area contributed by atoms with Gasteiger partial charge in [0.05, 0.1) is 5.56 Å². The maximum absolute atomic E-state index is 9.58. The number of fused-ring (bicyclic) bond motifs is 3. The molecule has 5 nitrogen and oxygen atoms in total. The van der Waals surface area contributed by atoms with Crippen molar-refractivity contribution in [2.45, 2.75) is 43.9 Å². The largest absolute Gasteiger partial charge is 0.455 e. The molecule has 0 radical (unpaired) electrons. The zero-order chi connectivity index (χ0) is 28.5. The maximum Gasteiger partial charge on any atom is 0.164 e. The fourth-order valence-corrected chi connectivity index (χ4v) is 8.81. The normalized spacial score (nSPS) is 24.0. The first-order valence-electron chi connectivity index (χ1n) is 15.4. The topological polar surface area (TPSA) is 75.6 Å². The van der Waals surface area contributed by atoms with E-state index in [0.717, 1.165) is 50.8 Å². The Hall–Kier alpha value is -4.82. The number of rotatable bonds is 4. The Morgan fingerprint density at radius 2 is 1.23 bits per heavy atom. The minimum atomic E-state index is 0.362. The highest BCUT2D eigenvalue weighted by atomic mass is 16.3. The number of aromatic nitrogens is 3. The lowest BCUT2D eigenvalue weighted by Crippen LogP contribution is -2.48. The van der Waals surface area contributed by atoms with E-state index in [0.29, 0.717) is 34.0 Å². The van der Waals surface area contributed by atoms with Crippen molar-refractivity contribution >= 4 is 21.9 Å². The molecule has 2 aromatic heterocycles. The van der Waals surface area contributed by atoms with Gasteiger partial charge in [-0.1, -0.05) is 66.7 Å². The predicted molar refractivity (Wildman–Crippen MR) is 168 cm³/mol. The zero-order valence-electron chi connectivity index (χ0n) is 23.8. The molecular formula is C38H30N4O. The molecule has 0 amide bonds. The molecule has 43 heavy (non-hydrogen) atoms. The molecule has 4 fully saturated rings. The van der Waals surface area contributed by atoms with Crippen molar-refractivity contribution in [2.24, 2.45) is 17.8 Å². The van der Waals surface area contributed by atoms with Crippen LogP contribution < -0.4 is 0 Å². The van der Waals surface area contributed by atoms with Crippen LogP contribution in [0.2, 0.25) is 0 Å². The van der Waals surface area contributed by atoms with Crippen LogP contribution in [-0.4, -0.2) is 15.0 Å². The summed E-state index contributed by atoms with van der Waals surface area (Å²) >= 11 is 0. The van der Waals surface area contributed by atoms with Gasteiger partial charge in [0.1, 0.15) is 11.7 Å². The molecule has 0 saturated heterocycles. The van der Waals surface area contributed by atoms with Crippen LogP contribution in [0.3, 0.4) is 0 Å². The van der Waals surface area contributed by atoms with Gasteiger partial charge in [-0.25, -0.2) is 15.0 Å². The second-order valence-electron chi connectivity index (χ2n) is 13.1. The molecule has 5 heteroatoms. The van der Waals surface area contributed by atoms with Crippen LogP contribution in [0.5, 0.6) is 0 Å². The van der Waals surface area contributed by atoms with E-state index in [-0.39, 0.29) is 0 Å². The van der Waals surface area contributed by atoms with Crippen molar-refractivity contribution in [2.75, 3.05) is 0 Å². The molecule has 10 rings (SSSR count). The average Bonchev–Trinajstić information content (AvgIpc) is 3.43. The van der Waals surface area contributed by atoms with Crippen molar-refractivity contribution in [3.8, 4) is 40.2 Å². The number of nitriles is 1. The van der Waals surface area contributed by atoms with E-state index >= 15 is 0 Å². The lowest BCUT2D eigenvalue weighted by Gasteiger charge is -2.57. The molecule has 0 unspecified atom stereocenters. The Kier molecular flexibility index (Phi) is 5.38. The molecule has 4 aliphatic carbocycles. The zero-order valence-corrected chi connectivity index (χ0v) is 23.8. The minimum Gasteiger partial charge on any atom is -0.455 e. The summed E-state index contributed by atoms with van der Waals surface area (Å²) in [5.41, 5.74) is 6.57. The molecule has 208 valence electrons. The number of para-hydroxylation sites is 1. The highest BCUT2D eigenvalue weighted by Gasteiger charge is 2.51. The summed E-state index contributed by atoms with van der Waals surface area (Å²) in [7, 11) is 0. The van der Waals surface area contributed by atoms with Crippen molar-refractivity contribution in [1.82, 2.24) is 15.0 Å². The molecule has 4 saturated carbocycles. The van der Waals surface area contributed by atoms with Crippen LogP contribution in [0.25, 0.3) is 56.1 Å². The Balaban J connectivity index is 1.15. The molecule has 4 aliphatic rings. The SMILES string of the molecule is N#Cc1cccc2c1oc1ccc(-c3nc(-c4ccccc4)nc(-c4ccc(C56CC7CC(CC(C7)C5)C6)cc4)n3)cc12. The quantitative estimate of drug-likeness (QED) is 0.216. The van der Waals surface area contributed by atoms with Gasteiger partial charge < -0.3 is 4.42 Å². The molecule has 4 bridgehead atoms. The van der Waals surface area contributed by atoms with Crippen molar-refractivity contribution in [3.05, 3.63) is 102 Å². The number of furan rings is 1. The van der Waals surface area contributed by atoms with E-state index in [9.17, 15) is 5.26 Å². The second-order valence-corrected chi connectivity index (χ2v) is 13.1. The van der Waals surface area contributed by atoms with Gasteiger partial charge in [0, 0.05) is 27.5 Å². The van der Waals surface area contributed by atoms with E-state index in [1.807, 2.05) is 54.6 Å². The lowest BCUT2D eigenvalue weighted by molar-refractivity contribution is -0.00518. The Bertz CT molecular complexity index is 2030. The smallest absolute Gasteiger partial charge is 0.164 e. The summed E-state index contributed by atoms with van der Waals surface area (Å²) in [4.78, 5) is 14.9. The number of hydrogen-bond donors (Lipinski definition) is 0. The summed E-state index contributed by atoms with van der Waals surface area (Å²) in [5, 5.41) is 11.4. The van der Waals surface area contributed by atoms with Crippen molar-refractivity contribution in [1.29, 1.82) is 5.26 Å². The predicted octanol–water partition coefficient (Wildman–Crippen LogP) is 9.11. The number of benzene rings is 4. The Labute approximate surface area is 250 Å². The highest BCUT2D eigenvalue weighted by Crippen LogP contribution is 2.60. The minimum absolute atomic E-state index is 0.362. The first kappa shape index (κ1) is 24.7.